The summed E-state index contributed by atoms with van der Waals surface area (Å²) in [6.07, 6.45) is -3.93. The molecular formula is C21H22O10. The lowest BCUT2D eigenvalue weighted by Gasteiger charge is -2.45. The third-order valence-corrected chi connectivity index (χ3v) is 5.17. The first kappa shape index (κ1) is 21.1. The molecule has 0 radical (unpaired) electrons. The lowest BCUT2D eigenvalue weighted by molar-refractivity contribution is -0.282. The topological polar surface area (TPSA) is 120 Å². The Morgan fingerprint density at radius 3 is 2.58 bits per heavy atom. The number of rotatable bonds is 5. The Hall–Kier alpha value is -3.11. The van der Waals surface area contributed by atoms with Gasteiger partial charge in [-0.15, -0.1) is 0 Å². The van der Waals surface area contributed by atoms with Gasteiger partial charge in [-0.3, -0.25) is 0 Å². The Kier molecular flexibility index (Phi) is 5.36. The summed E-state index contributed by atoms with van der Waals surface area (Å²) in [7, 11) is 1.50. The van der Waals surface area contributed by atoms with Crippen molar-refractivity contribution in [1.82, 2.24) is 0 Å². The second-order valence-corrected chi connectivity index (χ2v) is 7.65. The van der Waals surface area contributed by atoms with Crippen molar-refractivity contribution in [1.29, 1.82) is 0 Å². The predicted octanol–water partition coefficient (Wildman–Crippen LogP) is 2.40. The van der Waals surface area contributed by atoms with Gasteiger partial charge in [-0.05, 0) is 39.0 Å². The fourth-order valence-electron chi connectivity index (χ4n) is 3.82. The van der Waals surface area contributed by atoms with Crippen LogP contribution < -0.4 is 10.4 Å². The predicted molar refractivity (Wildman–Crippen MR) is 104 cm³/mol. The van der Waals surface area contributed by atoms with Crippen LogP contribution >= 0.6 is 0 Å². The summed E-state index contributed by atoms with van der Waals surface area (Å²) in [5, 5.41) is 0.507. The van der Waals surface area contributed by atoms with Crippen molar-refractivity contribution in [2.75, 3.05) is 13.7 Å². The van der Waals surface area contributed by atoms with Crippen molar-refractivity contribution in [2.45, 2.75) is 51.0 Å². The monoisotopic (exact) mass is 434 g/mol. The van der Waals surface area contributed by atoms with Crippen LogP contribution in [0.25, 0.3) is 11.0 Å². The summed E-state index contributed by atoms with van der Waals surface area (Å²) in [6.45, 7) is 5.36. The van der Waals surface area contributed by atoms with Gasteiger partial charge in [-0.2, -0.15) is 0 Å². The van der Waals surface area contributed by atoms with Crippen LogP contribution in [0.5, 0.6) is 5.75 Å². The fourth-order valence-corrected chi connectivity index (χ4v) is 3.82. The molecule has 2 aromatic rings. The number of benzene rings is 1. The van der Waals surface area contributed by atoms with Crippen molar-refractivity contribution in [3.8, 4) is 5.75 Å². The number of hydrogen-bond acceptors (Lipinski definition) is 10. The van der Waals surface area contributed by atoms with E-state index in [1.807, 2.05) is 0 Å². The van der Waals surface area contributed by atoms with E-state index in [0.29, 0.717) is 11.1 Å². The molecule has 4 rings (SSSR count). The molecule has 0 aliphatic carbocycles. The quantitative estimate of drug-likeness (QED) is 0.512. The van der Waals surface area contributed by atoms with Gasteiger partial charge in [0.05, 0.1) is 12.2 Å². The molecule has 2 aliphatic rings. The van der Waals surface area contributed by atoms with Crippen LogP contribution in [0.4, 0.5) is 4.79 Å². The molecule has 0 N–H and O–H groups in total. The van der Waals surface area contributed by atoms with Crippen LogP contribution in [-0.4, -0.2) is 56.0 Å². The number of carbonyl (C=O) groups is 2. The van der Waals surface area contributed by atoms with Gasteiger partial charge in [0, 0.05) is 18.6 Å². The number of methoxy groups -OCH3 is 1. The molecule has 10 nitrogen and oxygen atoms in total. The minimum atomic E-state index is -0.985. The fraction of sp³-hybridized carbons (Fsp3) is 0.476. The van der Waals surface area contributed by atoms with E-state index in [1.165, 1.54) is 19.2 Å². The van der Waals surface area contributed by atoms with E-state index in [2.05, 4.69) is 0 Å². The van der Waals surface area contributed by atoms with E-state index in [-0.39, 0.29) is 17.8 Å². The van der Waals surface area contributed by atoms with Gasteiger partial charge < -0.3 is 32.8 Å². The minimum absolute atomic E-state index is 0.140. The lowest BCUT2D eigenvalue weighted by atomic mass is 9.89. The van der Waals surface area contributed by atoms with Crippen LogP contribution in [0.2, 0.25) is 0 Å². The van der Waals surface area contributed by atoms with Crippen LogP contribution in [0, 0.1) is 0 Å². The number of fused-ring (bicyclic) bond motifs is 2. The third kappa shape index (κ3) is 3.84. The molecule has 3 heterocycles. The van der Waals surface area contributed by atoms with E-state index >= 15 is 0 Å². The van der Waals surface area contributed by atoms with Crippen molar-refractivity contribution in [3.63, 3.8) is 0 Å². The second-order valence-electron chi connectivity index (χ2n) is 7.65. The van der Waals surface area contributed by atoms with Crippen molar-refractivity contribution in [3.05, 3.63) is 40.2 Å². The first-order valence-corrected chi connectivity index (χ1v) is 9.73. The summed E-state index contributed by atoms with van der Waals surface area (Å²) in [5.74, 6) is -0.448. The highest BCUT2D eigenvalue weighted by Crippen LogP contribution is 2.38. The highest BCUT2D eigenvalue weighted by Gasteiger charge is 2.58. The van der Waals surface area contributed by atoms with Gasteiger partial charge in [0.2, 0.25) is 12.4 Å². The van der Waals surface area contributed by atoms with E-state index in [9.17, 15) is 14.4 Å². The Morgan fingerprint density at radius 2 is 1.87 bits per heavy atom. The van der Waals surface area contributed by atoms with E-state index in [1.54, 1.807) is 32.9 Å². The highest BCUT2D eigenvalue weighted by atomic mass is 16.8. The largest absolute Gasteiger partial charge is 0.509 e. The minimum Gasteiger partial charge on any atom is -0.462 e. The molecule has 1 aromatic carbocycles. The van der Waals surface area contributed by atoms with E-state index in [0.717, 1.165) is 0 Å². The zero-order valence-corrected chi connectivity index (χ0v) is 17.4. The second kappa shape index (κ2) is 7.86. The number of esters is 1. The molecule has 2 saturated heterocycles. The maximum Gasteiger partial charge on any atom is 0.509 e. The molecule has 0 saturated carbocycles. The van der Waals surface area contributed by atoms with Crippen LogP contribution in [-0.2, 0) is 23.7 Å². The highest BCUT2D eigenvalue weighted by molar-refractivity contribution is 5.93. The molecule has 10 heteroatoms. The third-order valence-electron chi connectivity index (χ3n) is 5.17. The molecule has 0 spiro atoms. The van der Waals surface area contributed by atoms with Crippen LogP contribution in [0.1, 0.15) is 31.1 Å². The van der Waals surface area contributed by atoms with Crippen molar-refractivity contribution >= 4 is 23.1 Å². The molecule has 2 fully saturated rings. The van der Waals surface area contributed by atoms with E-state index < -0.39 is 48.0 Å². The summed E-state index contributed by atoms with van der Waals surface area (Å²) in [4.78, 5) is 35.8. The zero-order valence-electron chi connectivity index (χ0n) is 17.4. The lowest BCUT2D eigenvalue weighted by Crippen LogP contribution is -2.62. The number of hydrogen-bond donors (Lipinski definition) is 0. The normalized spacial score (nSPS) is 26.6. The Balaban J connectivity index is 1.62. The van der Waals surface area contributed by atoms with Gasteiger partial charge in [-0.1, -0.05) is 0 Å². The molecule has 2 aliphatic heterocycles. The van der Waals surface area contributed by atoms with Gasteiger partial charge in [0.1, 0.15) is 23.0 Å². The maximum absolute atomic E-state index is 12.2. The Morgan fingerprint density at radius 1 is 1.13 bits per heavy atom. The molecule has 1 aromatic heterocycles. The van der Waals surface area contributed by atoms with Crippen LogP contribution in [0.15, 0.2) is 33.5 Å². The molecule has 31 heavy (non-hydrogen) atoms. The summed E-state index contributed by atoms with van der Waals surface area (Å²) in [6, 6.07) is 6.12. The molecule has 4 atom stereocenters. The number of carbonyl (C=O) groups excluding carboxylic acids is 2. The zero-order chi connectivity index (χ0) is 22.3. The molecule has 166 valence electrons. The van der Waals surface area contributed by atoms with Gasteiger partial charge in [-0.25, -0.2) is 14.4 Å². The molecule has 0 bridgehead atoms. The summed E-state index contributed by atoms with van der Waals surface area (Å²) >= 11 is 0. The van der Waals surface area contributed by atoms with Crippen molar-refractivity contribution < 1.29 is 42.4 Å². The summed E-state index contributed by atoms with van der Waals surface area (Å²) in [5.41, 5.74) is -1.65. The van der Waals surface area contributed by atoms with E-state index in [4.69, 9.17) is 32.8 Å². The number of ether oxygens (including phenoxy) is 6. The Labute approximate surface area is 176 Å². The van der Waals surface area contributed by atoms with Gasteiger partial charge >= 0.3 is 17.8 Å². The smallest absolute Gasteiger partial charge is 0.462 e. The average Bonchev–Trinajstić information content (AvgIpc) is 3.08. The first-order chi connectivity index (χ1) is 14.7. The Bertz CT molecular complexity index is 1070. The van der Waals surface area contributed by atoms with Gasteiger partial charge in [0.15, 0.2) is 6.10 Å². The van der Waals surface area contributed by atoms with Crippen molar-refractivity contribution in [2.24, 2.45) is 0 Å². The first-order valence-electron chi connectivity index (χ1n) is 9.73. The molecular weight excluding hydrogens is 412 g/mol. The van der Waals surface area contributed by atoms with Gasteiger partial charge in [0.25, 0.3) is 0 Å². The van der Waals surface area contributed by atoms with Crippen LogP contribution in [0.3, 0.4) is 0 Å². The molecule has 2 unspecified atom stereocenters. The molecule has 0 amide bonds. The summed E-state index contributed by atoms with van der Waals surface area (Å²) < 4.78 is 38.0. The SMILES string of the molecule is CCOC(=O)c1cc2ccc(OC3OC(C)(C)[C@H](OC)C4OC(=O)O[C@H]34)cc2oc1=O. The standard InChI is InChI=1S/C21H22O10/c1-5-26-17(22)12-8-10-6-7-11(9-13(10)28-18(12)23)27-19-15-14(29-20(24)30-15)16(25-4)21(2,3)31-19/h6-9,14-16,19H,5H2,1-4H3/t14?,15-,16+,19?/m0/s1. The maximum atomic E-state index is 12.2. The average molecular weight is 434 g/mol.